The van der Waals surface area contributed by atoms with E-state index in [1.54, 1.807) is 18.2 Å². The number of hydrogen-bond donors (Lipinski definition) is 1. The van der Waals surface area contributed by atoms with Crippen molar-refractivity contribution in [1.29, 1.82) is 0 Å². The van der Waals surface area contributed by atoms with Gasteiger partial charge in [0.15, 0.2) is 5.76 Å². The van der Waals surface area contributed by atoms with Gasteiger partial charge in [0.25, 0.3) is 11.8 Å². The van der Waals surface area contributed by atoms with Crippen LogP contribution in [-0.2, 0) is 0 Å². The van der Waals surface area contributed by atoms with Crippen molar-refractivity contribution < 1.29 is 18.4 Å². The monoisotopic (exact) mass is 451 g/mol. The van der Waals surface area contributed by atoms with Gasteiger partial charge in [-0.3, -0.25) is 10.1 Å². The standard InChI is InChI=1S/C27H21N3O4/c1-2-32-23-14-12-19(13-15-23)18-8-10-20(11-9-18)21-5-3-6-22(17-21)25(31)28-27-30-29-26(34-27)24-7-4-16-33-24/h3-17H,2H2,1H3,(H,28,30,31). The van der Waals surface area contributed by atoms with Gasteiger partial charge in [-0.25, -0.2) is 0 Å². The molecule has 34 heavy (non-hydrogen) atoms. The van der Waals surface area contributed by atoms with E-state index in [1.807, 2.05) is 61.5 Å². The van der Waals surface area contributed by atoms with Crippen LogP contribution < -0.4 is 10.1 Å². The molecule has 0 bridgehead atoms. The van der Waals surface area contributed by atoms with Crippen LogP contribution in [0.4, 0.5) is 6.01 Å². The Labute approximate surface area is 196 Å². The Kier molecular flexibility index (Phi) is 5.90. The van der Waals surface area contributed by atoms with E-state index in [4.69, 9.17) is 13.6 Å². The van der Waals surface area contributed by atoms with Crippen LogP contribution in [0, 0.1) is 0 Å². The number of rotatable bonds is 7. The molecule has 3 aromatic carbocycles. The summed E-state index contributed by atoms with van der Waals surface area (Å²) in [7, 11) is 0. The number of benzene rings is 3. The second-order valence-corrected chi connectivity index (χ2v) is 7.46. The van der Waals surface area contributed by atoms with Crippen molar-refractivity contribution in [3.8, 4) is 39.7 Å². The lowest BCUT2D eigenvalue weighted by Gasteiger charge is -2.08. The molecule has 0 aliphatic heterocycles. The third-order valence-electron chi connectivity index (χ3n) is 5.22. The third-order valence-corrected chi connectivity index (χ3v) is 5.22. The van der Waals surface area contributed by atoms with Crippen molar-refractivity contribution in [1.82, 2.24) is 10.2 Å². The predicted octanol–water partition coefficient (Wildman–Crippen LogP) is 6.31. The Morgan fingerprint density at radius 3 is 2.24 bits per heavy atom. The van der Waals surface area contributed by atoms with Crippen molar-refractivity contribution in [2.75, 3.05) is 11.9 Å². The topological polar surface area (TPSA) is 90.4 Å². The second-order valence-electron chi connectivity index (χ2n) is 7.46. The number of furan rings is 1. The predicted molar refractivity (Wildman–Crippen MR) is 128 cm³/mol. The first-order valence-electron chi connectivity index (χ1n) is 10.8. The zero-order chi connectivity index (χ0) is 23.3. The number of nitrogens with zero attached hydrogens (tertiary/aromatic N) is 2. The average Bonchev–Trinajstić information content (AvgIpc) is 3.57. The molecule has 2 heterocycles. The van der Waals surface area contributed by atoms with Crippen LogP contribution >= 0.6 is 0 Å². The largest absolute Gasteiger partial charge is 0.494 e. The van der Waals surface area contributed by atoms with Gasteiger partial charge in [0.2, 0.25) is 0 Å². The van der Waals surface area contributed by atoms with Crippen LogP contribution in [0.25, 0.3) is 33.9 Å². The van der Waals surface area contributed by atoms with Crippen LogP contribution in [0.2, 0.25) is 0 Å². The summed E-state index contributed by atoms with van der Waals surface area (Å²) >= 11 is 0. The van der Waals surface area contributed by atoms with Gasteiger partial charge in [-0.05, 0) is 65.6 Å². The van der Waals surface area contributed by atoms with Gasteiger partial charge >= 0.3 is 6.01 Å². The Hall–Kier alpha value is -4.65. The maximum absolute atomic E-state index is 12.7. The molecule has 0 saturated heterocycles. The average molecular weight is 451 g/mol. The minimum atomic E-state index is -0.345. The lowest BCUT2D eigenvalue weighted by Crippen LogP contribution is -2.12. The van der Waals surface area contributed by atoms with Crippen LogP contribution in [0.3, 0.4) is 0 Å². The van der Waals surface area contributed by atoms with Crippen LogP contribution in [0.1, 0.15) is 17.3 Å². The molecule has 0 radical (unpaired) electrons. The van der Waals surface area contributed by atoms with E-state index in [2.05, 4.69) is 27.6 Å². The molecule has 0 spiro atoms. The Morgan fingerprint density at radius 2 is 1.56 bits per heavy atom. The van der Waals surface area contributed by atoms with E-state index < -0.39 is 0 Å². The maximum atomic E-state index is 12.7. The lowest BCUT2D eigenvalue weighted by molar-refractivity contribution is 0.102. The summed E-state index contributed by atoms with van der Waals surface area (Å²) in [5, 5.41) is 10.4. The summed E-state index contributed by atoms with van der Waals surface area (Å²) < 4.78 is 16.2. The van der Waals surface area contributed by atoms with Crippen LogP contribution in [0.5, 0.6) is 5.75 Å². The molecule has 7 heteroatoms. The molecule has 0 aliphatic rings. The highest BCUT2D eigenvalue weighted by Gasteiger charge is 2.14. The Morgan fingerprint density at radius 1 is 0.853 bits per heavy atom. The number of carbonyl (C=O) groups excluding carboxylic acids is 1. The lowest BCUT2D eigenvalue weighted by atomic mass is 9.99. The first kappa shape index (κ1) is 21.2. The molecule has 7 nitrogen and oxygen atoms in total. The fourth-order valence-corrected chi connectivity index (χ4v) is 3.55. The number of aromatic nitrogens is 2. The zero-order valence-electron chi connectivity index (χ0n) is 18.4. The Balaban J connectivity index is 1.30. The van der Waals surface area contributed by atoms with Gasteiger partial charge in [-0.2, -0.15) is 0 Å². The highest BCUT2D eigenvalue weighted by Crippen LogP contribution is 2.27. The van der Waals surface area contributed by atoms with E-state index >= 15 is 0 Å². The first-order valence-corrected chi connectivity index (χ1v) is 10.8. The molecule has 168 valence electrons. The van der Waals surface area contributed by atoms with Crippen molar-refractivity contribution >= 4 is 11.9 Å². The molecule has 1 amide bonds. The second kappa shape index (κ2) is 9.46. The van der Waals surface area contributed by atoms with Crippen LogP contribution in [-0.4, -0.2) is 22.7 Å². The summed E-state index contributed by atoms with van der Waals surface area (Å²) in [6.07, 6.45) is 1.51. The Bertz CT molecular complexity index is 1390. The number of amides is 1. The fraction of sp³-hybridized carbons (Fsp3) is 0.0741. The van der Waals surface area contributed by atoms with Crippen molar-refractivity contribution in [3.05, 3.63) is 96.8 Å². The highest BCUT2D eigenvalue weighted by molar-refractivity contribution is 6.03. The highest BCUT2D eigenvalue weighted by atomic mass is 16.5. The quantitative estimate of drug-likeness (QED) is 0.312. The molecule has 2 aromatic heterocycles. The molecule has 1 N–H and O–H groups in total. The SMILES string of the molecule is CCOc1ccc(-c2ccc(-c3cccc(C(=O)Nc4nnc(-c5ccco5)o4)c3)cc2)cc1. The molecule has 0 unspecified atom stereocenters. The van der Waals surface area contributed by atoms with Crippen LogP contribution in [0.15, 0.2) is 100 Å². The smallest absolute Gasteiger partial charge is 0.322 e. The van der Waals surface area contributed by atoms with Gasteiger partial charge < -0.3 is 13.6 Å². The van der Waals surface area contributed by atoms with E-state index in [-0.39, 0.29) is 17.8 Å². The third kappa shape index (κ3) is 4.59. The number of carbonyl (C=O) groups is 1. The van der Waals surface area contributed by atoms with Gasteiger partial charge in [0.05, 0.1) is 12.9 Å². The summed E-state index contributed by atoms with van der Waals surface area (Å²) in [6, 6.07) is 27.0. The molecular weight excluding hydrogens is 430 g/mol. The van der Waals surface area contributed by atoms with Crippen molar-refractivity contribution in [2.45, 2.75) is 6.92 Å². The minimum absolute atomic E-state index is 0.00140. The summed E-state index contributed by atoms with van der Waals surface area (Å²) in [4.78, 5) is 12.7. The summed E-state index contributed by atoms with van der Waals surface area (Å²) in [5.74, 6) is 1.14. The van der Waals surface area contributed by atoms with Crippen molar-refractivity contribution in [2.24, 2.45) is 0 Å². The van der Waals surface area contributed by atoms with Gasteiger partial charge in [0, 0.05) is 5.56 Å². The van der Waals surface area contributed by atoms with E-state index in [9.17, 15) is 4.79 Å². The van der Waals surface area contributed by atoms with E-state index in [1.165, 1.54) is 6.26 Å². The molecule has 5 aromatic rings. The molecule has 5 rings (SSSR count). The van der Waals surface area contributed by atoms with Crippen molar-refractivity contribution in [3.63, 3.8) is 0 Å². The van der Waals surface area contributed by atoms with Gasteiger partial charge in [0.1, 0.15) is 5.75 Å². The molecule has 0 fully saturated rings. The molecular formula is C27H21N3O4. The first-order chi connectivity index (χ1) is 16.7. The molecule has 0 atom stereocenters. The number of nitrogens with one attached hydrogen (secondary N) is 1. The minimum Gasteiger partial charge on any atom is -0.494 e. The number of hydrogen-bond acceptors (Lipinski definition) is 6. The summed E-state index contributed by atoms with van der Waals surface area (Å²) in [5.41, 5.74) is 4.61. The normalized spacial score (nSPS) is 10.7. The van der Waals surface area contributed by atoms with E-state index in [0.717, 1.165) is 28.0 Å². The zero-order valence-corrected chi connectivity index (χ0v) is 18.4. The fourth-order valence-electron chi connectivity index (χ4n) is 3.55. The number of ether oxygens (including phenoxy) is 1. The molecule has 0 saturated carbocycles. The number of anilines is 1. The summed E-state index contributed by atoms with van der Waals surface area (Å²) in [6.45, 7) is 2.61. The van der Waals surface area contributed by atoms with E-state index in [0.29, 0.717) is 17.9 Å². The van der Waals surface area contributed by atoms with Gasteiger partial charge in [-0.1, -0.05) is 53.6 Å². The molecule has 0 aliphatic carbocycles. The van der Waals surface area contributed by atoms with Gasteiger partial charge in [-0.15, -0.1) is 5.10 Å². The maximum Gasteiger partial charge on any atom is 0.322 e.